The monoisotopic (exact) mass is 292 g/mol. The van der Waals surface area contributed by atoms with Gasteiger partial charge >= 0.3 is 0 Å². The predicted octanol–water partition coefficient (Wildman–Crippen LogP) is 3.08. The van der Waals surface area contributed by atoms with Crippen molar-refractivity contribution in [2.75, 3.05) is 6.54 Å². The highest BCUT2D eigenvalue weighted by molar-refractivity contribution is 5.83. The summed E-state index contributed by atoms with van der Waals surface area (Å²) in [6, 6.07) is 0.0639. The molecule has 0 aromatic rings. The second-order valence-electron chi connectivity index (χ2n) is 9.53. The van der Waals surface area contributed by atoms with Crippen molar-refractivity contribution in [3.05, 3.63) is 0 Å². The smallest absolute Gasteiger partial charge is 0.226 e. The lowest BCUT2D eigenvalue weighted by Gasteiger charge is -2.64. The SMILES string of the molecule is CC(C)C(N)CNC(=O)C12CC3CC(C)(CC(C)(C3)C1)C2. The van der Waals surface area contributed by atoms with Gasteiger partial charge in [-0.2, -0.15) is 0 Å². The lowest BCUT2D eigenvalue weighted by atomic mass is 9.40. The molecule has 120 valence electrons. The van der Waals surface area contributed by atoms with Crippen molar-refractivity contribution in [1.82, 2.24) is 5.32 Å². The summed E-state index contributed by atoms with van der Waals surface area (Å²) in [4.78, 5) is 12.9. The number of carbonyl (C=O) groups excluding carboxylic acids is 1. The number of nitrogens with two attached hydrogens (primary N) is 1. The van der Waals surface area contributed by atoms with Crippen LogP contribution in [0.5, 0.6) is 0 Å². The first-order valence-electron chi connectivity index (χ1n) is 8.69. The van der Waals surface area contributed by atoms with Crippen molar-refractivity contribution in [2.45, 2.75) is 72.3 Å². The summed E-state index contributed by atoms with van der Waals surface area (Å²) < 4.78 is 0. The molecule has 3 nitrogen and oxygen atoms in total. The fraction of sp³-hybridized carbons (Fsp3) is 0.944. The normalized spacial score (nSPS) is 45.9. The van der Waals surface area contributed by atoms with Crippen molar-refractivity contribution in [2.24, 2.45) is 33.8 Å². The van der Waals surface area contributed by atoms with Crippen LogP contribution in [0.25, 0.3) is 0 Å². The topological polar surface area (TPSA) is 55.1 Å². The van der Waals surface area contributed by atoms with Crippen LogP contribution in [0.2, 0.25) is 0 Å². The largest absolute Gasteiger partial charge is 0.354 e. The minimum Gasteiger partial charge on any atom is -0.354 e. The highest BCUT2D eigenvalue weighted by atomic mass is 16.2. The van der Waals surface area contributed by atoms with Crippen molar-refractivity contribution in [3.8, 4) is 0 Å². The minimum absolute atomic E-state index is 0.0639. The fourth-order valence-electron chi connectivity index (χ4n) is 6.33. The number of hydrogen-bond donors (Lipinski definition) is 2. The van der Waals surface area contributed by atoms with Crippen LogP contribution < -0.4 is 11.1 Å². The Labute approximate surface area is 129 Å². The molecule has 4 aliphatic rings. The average Bonchev–Trinajstić information content (AvgIpc) is 2.30. The van der Waals surface area contributed by atoms with Crippen LogP contribution in [-0.2, 0) is 4.79 Å². The van der Waals surface area contributed by atoms with Crippen LogP contribution in [0.4, 0.5) is 0 Å². The third-order valence-corrected chi connectivity index (χ3v) is 6.46. The summed E-state index contributed by atoms with van der Waals surface area (Å²) in [5.41, 5.74) is 6.78. The molecule has 0 aliphatic heterocycles. The van der Waals surface area contributed by atoms with Crippen molar-refractivity contribution < 1.29 is 4.79 Å². The standard InChI is InChI=1S/C18H32N2O/c1-12(2)14(19)8-20-15(21)18-7-13-5-16(3,10-18)9-17(4,6-13)11-18/h12-14H,5-11,19H2,1-4H3,(H,20,21). The fourth-order valence-corrected chi connectivity index (χ4v) is 6.33. The molecule has 3 atom stereocenters. The third kappa shape index (κ3) is 2.62. The molecule has 4 aliphatic carbocycles. The van der Waals surface area contributed by atoms with Crippen molar-refractivity contribution in [1.29, 1.82) is 0 Å². The summed E-state index contributed by atoms with van der Waals surface area (Å²) in [7, 11) is 0. The van der Waals surface area contributed by atoms with Gasteiger partial charge in [-0.3, -0.25) is 4.79 Å². The van der Waals surface area contributed by atoms with Gasteiger partial charge < -0.3 is 11.1 Å². The van der Waals surface area contributed by atoms with Gasteiger partial charge in [-0.1, -0.05) is 27.7 Å². The summed E-state index contributed by atoms with van der Waals surface area (Å²) in [6.45, 7) is 9.68. The molecule has 3 heteroatoms. The minimum atomic E-state index is -0.0976. The number of amides is 1. The molecule has 21 heavy (non-hydrogen) atoms. The van der Waals surface area contributed by atoms with Gasteiger partial charge in [0.05, 0.1) is 5.41 Å². The van der Waals surface area contributed by atoms with Gasteiger partial charge in [0, 0.05) is 12.6 Å². The van der Waals surface area contributed by atoms with Gasteiger partial charge in [0.15, 0.2) is 0 Å². The molecule has 1 amide bonds. The van der Waals surface area contributed by atoms with Gasteiger partial charge in [-0.05, 0) is 61.2 Å². The number of hydrogen-bond acceptors (Lipinski definition) is 2. The molecule has 0 radical (unpaired) electrons. The van der Waals surface area contributed by atoms with Crippen LogP contribution in [0.3, 0.4) is 0 Å². The summed E-state index contributed by atoms with van der Waals surface area (Å²) in [5, 5.41) is 3.19. The quantitative estimate of drug-likeness (QED) is 0.836. The summed E-state index contributed by atoms with van der Waals surface area (Å²) in [6.07, 6.45) is 7.29. The second-order valence-corrected chi connectivity index (χ2v) is 9.53. The second kappa shape index (κ2) is 4.71. The molecule has 4 bridgehead atoms. The van der Waals surface area contributed by atoms with E-state index in [2.05, 4.69) is 33.0 Å². The maximum atomic E-state index is 12.9. The lowest BCUT2D eigenvalue weighted by Crippen LogP contribution is -2.60. The maximum absolute atomic E-state index is 12.9. The summed E-state index contributed by atoms with van der Waals surface area (Å²) >= 11 is 0. The molecular weight excluding hydrogens is 260 g/mol. The zero-order chi connectivity index (χ0) is 15.5. The Balaban J connectivity index is 1.74. The number of nitrogens with one attached hydrogen (secondary N) is 1. The van der Waals surface area contributed by atoms with Gasteiger partial charge in [0.25, 0.3) is 0 Å². The van der Waals surface area contributed by atoms with Crippen molar-refractivity contribution >= 4 is 5.91 Å². The first-order valence-corrected chi connectivity index (χ1v) is 8.69. The molecule has 0 saturated heterocycles. The van der Waals surface area contributed by atoms with Crippen LogP contribution in [-0.4, -0.2) is 18.5 Å². The van der Waals surface area contributed by atoms with E-state index in [1.165, 1.54) is 19.3 Å². The van der Waals surface area contributed by atoms with E-state index in [1.807, 2.05) is 0 Å². The zero-order valence-corrected chi connectivity index (χ0v) is 14.2. The zero-order valence-electron chi connectivity index (χ0n) is 14.2. The lowest BCUT2D eigenvalue weighted by molar-refractivity contribution is -0.170. The van der Waals surface area contributed by atoms with Crippen LogP contribution in [0.15, 0.2) is 0 Å². The molecule has 4 rings (SSSR count). The molecule has 0 aromatic heterocycles. The van der Waals surface area contributed by atoms with Gasteiger partial charge in [-0.25, -0.2) is 0 Å². The molecule has 4 fully saturated rings. The highest BCUT2D eigenvalue weighted by Gasteiger charge is 2.62. The van der Waals surface area contributed by atoms with E-state index in [0.717, 1.165) is 25.2 Å². The van der Waals surface area contributed by atoms with E-state index in [1.54, 1.807) is 0 Å². The molecule has 3 N–H and O–H groups in total. The molecule has 0 spiro atoms. The number of rotatable bonds is 4. The average molecular weight is 292 g/mol. The van der Waals surface area contributed by atoms with E-state index < -0.39 is 0 Å². The van der Waals surface area contributed by atoms with Gasteiger partial charge in [0.2, 0.25) is 5.91 Å². The molecular formula is C18H32N2O. The van der Waals surface area contributed by atoms with E-state index in [4.69, 9.17) is 5.73 Å². The molecule has 0 aromatic carbocycles. The molecule has 4 saturated carbocycles. The summed E-state index contributed by atoms with van der Waals surface area (Å²) in [5.74, 6) is 1.47. The Morgan fingerprint density at radius 2 is 1.71 bits per heavy atom. The Morgan fingerprint density at radius 1 is 1.14 bits per heavy atom. The first kappa shape index (κ1) is 15.3. The Bertz CT molecular complexity index is 426. The highest BCUT2D eigenvalue weighted by Crippen LogP contribution is 2.69. The van der Waals surface area contributed by atoms with Gasteiger partial charge in [-0.15, -0.1) is 0 Å². The Morgan fingerprint density at radius 3 is 2.19 bits per heavy atom. The van der Waals surface area contributed by atoms with E-state index in [9.17, 15) is 4.79 Å². The van der Waals surface area contributed by atoms with Crippen LogP contribution >= 0.6 is 0 Å². The molecule has 0 heterocycles. The van der Waals surface area contributed by atoms with E-state index in [-0.39, 0.29) is 11.5 Å². The molecule has 3 unspecified atom stereocenters. The van der Waals surface area contributed by atoms with Crippen molar-refractivity contribution in [3.63, 3.8) is 0 Å². The van der Waals surface area contributed by atoms with E-state index >= 15 is 0 Å². The maximum Gasteiger partial charge on any atom is 0.226 e. The van der Waals surface area contributed by atoms with E-state index in [0.29, 0.717) is 29.2 Å². The predicted molar refractivity (Wildman–Crippen MR) is 85.7 cm³/mol. The number of carbonyl (C=O) groups is 1. The van der Waals surface area contributed by atoms with Crippen LogP contribution in [0, 0.1) is 28.1 Å². The Hall–Kier alpha value is -0.570. The third-order valence-electron chi connectivity index (χ3n) is 6.46. The van der Waals surface area contributed by atoms with Crippen LogP contribution in [0.1, 0.15) is 66.2 Å². The first-order chi connectivity index (χ1) is 9.65. The van der Waals surface area contributed by atoms with Gasteiger partial charge in [0.1, 0.15) is 0 Å². The Kier molecular flexibility index (Phi) is 3.44.